The van der Waals surface area contributed by atoms with E-state index in [-0.39, 0.29) is 18.3 Å². The Hall–Kier alpha value is -0.320. The van der Waals surface area contributed by atoms with Crippen LogP contribution in [0.1, 0.15) is 32.1 Å². The molecule has 2 saturated carbocycles. The fraction of sp³-hybridized carbons (Fsp3) is 0.909. The fourth-order valence-corrected chi connectivity index (χ4v) is 4.04. The highest BCUT2D eigenvalue weighted by atomic mass is 35.5. The van der Waals surface area contributed by atoms with Crippen LogP contribution >= 0.6 is 11.6 Å². The zero-order valence-electron chi connectivity index (χ0n) is 8.86. The fourth-order valence-electron chi connectivity index (χ4n) is 3.70. The molecule has 16 heavy (non-hydrogen) atoms. The third kappa shape index (κ3) is 1.15. The molecule has 0 aromatic rings. The molecule has 4 nitrogen and oxygen atoms in total. The predicted molar refractivity (Wildman–Crippen MR) is 56.0 cm³/mol. The Labute approximate surface area is 98.5 Å². The topological polar surface area (TPSA) is 66.8 Å². The minimum atomic E-state index is -1.05. The highest BCUT2D eigenvalue weighted by Crippen LogP contribution is 2.58. The van der Waals surface area contributed by atoms with Gasteiger partial charge in [0.2, 0.25) is 0 Å². The van der Waals surface area contributed by atoms with E-state index in [4.69, 9.17) is 16.3 Å². The minimum absolute atomic E-state index is 0.0500. The lowest BCUT2D eigenvalue weighted by molar-refractivity contribution is -0.172. The van der Waals surface area contributed by atoms with Crippen molar-refractivity contribution in [3.63, 3.8) is 0 Å². The summed E-state index contributed by atoms with van der Waals surface area (Å²) in [6.07, 6.45) is 1.76. The standard InChI is InChI=1S/C11H15ClO4/c12-7-4-11-6(3-8(7)13)1-2-10(11,15)5-9(14)16-11/h6-8,13,15H,1-5H2/t6-,7-,8+,10-,11+/m0/s1. The normalized spacial score (nSPS) is 55.7. The highest BCUT2D eigenvalue weighted by Gasteiger charge is 2.69. The van der Waals surface area contributed by atoms with Crippen molar-refractivity contribution in [1.29, 1.82) is 0 Å². The molecule has 3 aliphatic rings. The first kappa shape index (κ1) is 10.8. The molecule has 5 atom stereocenters. The van der Waals surface area contributed by atoms with Gasteiger partial charge in [-0.25, -0.2) is 0 Å². The van der Waals surface area contributed by atoms with Gasteiger partial charge in [-0.05, 0) is 19.3 Å². The number of rotatable bonds is 0. The van der Waals surface area contributed by atoms with Crippen molar-refractivity contribution < 1.29 is 19.7 Å². The Kier molecular flexibility index (Phi) is 2.11. The summed E-state index contributed by atoms with van der Waals surface area (Å²) in [4.78, 5) is 11.4. The van der Waals surface area contributed by atoms with Gasteiger partial charge in [0.05, 0.1) is 17.9 Å². The van der Waals surface area contributed by atoms with Crippen LogP contribution in [0, 0.1) is 5.92 Å². The van der Waals surface area contributed by atoms with Gasteiger partial charge >= 0.3 is 5.97 Å². The molecular formula is C11H15ClO4. The number of ether oxygens (including phenoxy) is 1. The molecule has 1 aliphatic heterocycles. The lowest BCUT2D eigenvalue weighted by Crippen LogP contribution is -2.56. The number of carbonyl (C=O) groups excluding carboxylic acids is 1. The van der Waals surface area contributed by atoms with E-state index in [0.29, 0.717) is 19.3 Å². The van der Waals surface area contributed by atoms with E-state index in [1.165, 1.54) is 0 Å². The summed E-state index contributed by atoms with van der Waals surface area (Å²) in [6.45, 7) is 0. The molecule has 0 aromatic carbocycles. The van der Waals surface area contributed by atoms with Crippen molar-refractivity contribution in [3.05, 3.63) is 0 Å². The summed E-state index contributed by atoms with van der Waals surface area (Å²) >= 11 is 6.05. The van der Waals surface area contributed by atoms with Gasteiger partial charge in [-0.1, -0.05) is 0 Å². The van der Waals surface area contributed by atoms with Crippen LogP contribution in [0.25, 0.3) is 0 Å². The van der Waals surface area contributed by atoms with Crippen molar-refractivity contribution in [2.45, 2.75) is 54.8 Å². The Morgan fingerprint density at radius 1 is 1.50 bits per heavy atom. The second kappa shape index (κ2) is 3.12. The van der Waals surface area contributed by atoms with Gasteiger partial charge in [-0.3, -0.25) is 4.79 Å². The van der Waals surface area contributed by atoms with E-state index >= 15 is 0 Å². The number of halogens is 1. The van der Waals surface area contributed by atoms with Gasteiger partial charge in [-0.2, -0.15) is 0 Å². The lowest BCUT2D eigenvalue weighted by atomic mass is 9.71. The van der Waals surface area contributed by atoms with Crippen LogP contribution in [0.4, 0.5) is 0 Å². The summed E-state index contributed by atoms with van der Waals surface area (Å²) in [5.41, 5.74) is -1.88. The van der Waals surface area contributed by atoms with Crippen molar-refractivity contribution >= 4 is 17.6 Å². The average molecular weight is 247 g/mol. The Balaban J connectivity index is 1.99. The van der Waals surface area contributed by atoms with E-state index in [9.17, 15) is 15.0 Å². The number of hydrogen-bond acceptors (Lipinski definition) is 4. The monoisotopic (exact) mass is 246 g/mol. The molecule has 2 aliphatic carbocycles. The molecule has 0 bridgehead atoms. The largest absolute Gasteiger partial charge is 0.456 e. The first-order valence-corrected chi connectivity index (χ1v) is 6.17. The van der Waals surface area contributed by atoms with Crippen LogP contribution in [0.3, 0.4) is 0 Å². The molecule has 1 spiro atoms. The summed E-state index contributed by atoms with van der Waals surface area (Å²) in [5.74, 6) is -0.290. The van der Waals surface area contributed by atoms with Gasteiger partial charge in [0.25, 0.3) is 0 Å². The molecular weight excluding hydrogens is 232 g/mol. The van der Waals surface area contributed by atoms with Gasteiger partial charge in [0.15, 0.2) is 0 Å². The molecule has 1 saturated heterocycles. The molecule has 90 valence electrons. The molecule has 0 amide bonds. The van der Waals surface area contributed by atoms with Crippen LogP contribution in [0.15, 0.2) is 0 Å². The number of esters is 1. The maximum Gasteiger partial charge on any atom is 0.309 e. The van der Waals surface area contributed by atoms with Crippen molar-refractivity contribution in [3.8, 4) is 0 Å². The molecule has 0 aromatic heterocycles. The average Bonchev–Trinajstić information content (AvgIpc) is 2.56. The first-order valence-electron chi connectivity index (χ1n) is 5.73. The van der Waals surface area contributed by atoms with Crippen molar-refractivity contribution in [2.75, 3.05) is 0 Å². The van der Waals surface area contributed by atoms with Gasteiger partial charge in [0, 0.05) is 12.3 Å². The van der Waals surface area contributed by atoms with Crippen LogP contribution in [0.5, 0.6) is 0 Å². The van der Waals surface area contributed by atoms with Crippen LogP contribution in [0.2, 0.25) is 0 Å². The van der Waals surface area contributed by atoms with Crippen molar-refractivity contribution in [1.82, 2.24) is 0 Å². The quantitative estimate of drug-likeness (QED) is 0.485. The number of alkyl halides is 1. The van der Waals surface area contributed by atoms with E-state index in [1.807, 2.05) is 0 Å². The number of hydrogen-bond donors (Lipinski definition) is 2. The number of aliphatic hydroxyl groups excluding tert-OH is 1. The summed E-state index contributed by atoms with van der Waals surface area (Å²) in [6, 6.07) is 0. The third-order valence-electron chi connectivity index (χ3n) is 4.53. The minimum Gasteiger partial charge on any atom is -0.456 e. The Morgan fingerprint density at radius 2 is 2.25 bits per heavy atom. The van der Waals surface area contributed by atoms with Crippen LogP contribution < -0.4 is 0 Å². The van der Waals surface area contributed by atoms with Crippen molar-refractivity contribution in [2.24, 2.45) is 5.92 Å². The lowest BCUT2D eigenvalue weighted by Gasteiger charge is -2.44. The van der Waals surface area contributed by atoms with Gasteiger partial charge in [-0.15, -0.1) is 11.6 Å². The molecule has 3 fully saturated rings. The van der Waals surface area contributed by atoms with E-state index < -0.39 is 22.7 Å². The maximum atomic E-state index is 11.4. The predicted octanol–water partition coefficient (Wildman–Crippen LogP) is 0.575. The molecule has 3 rings (SSSR count). The van der Waals surface area contributed by atoms with Gasteiger partial charge in [0.1, 0.15) is 11.2 Å². The summed E-state index contributed by atoms with van der Waals surface area (Å²) in [5, 5.41) is 19.8. The van der Waals surface area contributed by atoms with E-state index in [2.05, 4.69) is 0 Å². The van der Waals surface area contributed by atoms with Gasteiger partial charge < -0.3 is 14.9 Å². The number of carbonyl (C=O) groups is 1. The third-order valence-corrected chi connectivity index (χ3v) is 4.97. The summed E-state index contributed by atoms with van der Waals surface area (Å²) < 4.78 is 5.41. The molecule has 0 radical (unpaired) electrons. The first-order chi connectivity index (χ1) is 7.47. The second-order valence-electron chi connectivity index (χ2n) is 5.33. The maximum absolute atomic E-state index is 11.4. The molecule has 5 heteroatoms. The Morgan fingerprint density at radius 3 is 3.00 bits per heavy atom. The zero-order valence-corrected chi connectivity index (χ0v) is 9.61. The SMILES string of the molecule is O=C1C[C@@]2(O)CC[C@H]3C[C@@H](O)[C@@H](Cl)C[C@@]32O1. The van der Waals surface area contributed by atoms with E-state index in [0.717, 1.165) is 6.42 Å². The van der Waals surface area contributed by atoms with E-state index in [1.54, 1.807) is 0 Å². The number of aliphatic hydroxyl groups is 2. The smallest absolute Gasteiger partial charge is 0.309 e. The Bertz CT molecular complexity index is 347. The van der Waals surface area contributed by atoms with Crippen LogP contribution in [-0.4, -0.2) is 38.9 Å². The van der Waals surface area contributed by atoms with Crippen LogP contribution in [-0.2, 0) is 9.53 Å². The molecule has 2 N–H and O–H groups in total. The second-order valence-corrected chi connectivity index (χ2v) is 5.89. The summed E-state index contributed by atoms with van der Waals surface area (Å²) in [7, 11) is 0. The molecule has 0 unspecified atom stereocenters. The highest BCUT2D eigenvalue weighted by molar-refractivity contribution is 6.21. The molecule has 1 heterocycles. The zero-order chi connectivity index (χ0) is 11.6.